The number of hydrogen-bond acceptors (Lipinski definition) is 5. The quantitative estimate of drug-likeness (QED) is 0.834. The average Bonchev–Trinajstić information content (AvgIpc) is 2.72. The van der Waals surface area contributed by atoms with Crippen molar-refractivity contribution in [1.29, 1.82) is 0 Å². The highest BCUT2D eigenvalue weighted by Gasteiger charge is 2.31. The number of likely N-dealkylation sites (N-methyl/N-ethyl adjacent to an activating group) is 1. The maximum atomic E-state index is 13.1. The third kappa shape index (κ3) is 3.34. The molecule has 0 aliphatic carbocycles. The van der Waals surface area contributed by atoms with Crippen LogP contribution in [0.3, 0.4) is 0 Å². The number of hydrogen-bond donors (Lipinski definition) is 1. The lowest BCUT2D eigenvalue weighted by molar-refractivity contribution is 0.0923. The Bertz CT molecular complexity index is 629. The molecule has 1 unspecified atom stereocenters. The molecule has 5 nitrogen and oxygen atoms in total. The smallest absolute Gasteiger partial charge is 0.180 e. The van der Waals surface area contributed by atoms with Crippen molar-refractivity contribution < 1.29 is 22.7 Å². The van der Waals surface area contributed by atoms with Crippen LogP contribution in [-0.2, 0) is 9.84 Å². The Morgan fingerprint density at radius 1 is 1.50 bits per heavy atom. The normalized spacial score (nSPS) is 21.2. The van der Waals surface area contributed by atoms with Gasteiger partial charge in [0.05, 0.1) is 23.6 Å². The Morgan fingerprint density at radius 3 is 2.80 bits per heavy atom. The van der Waals surface area contributed by atoms with E-state index in [2.05, 4.69) is 0 Å². The lowest BCUT2D eigenvalue weighted by Gasteiger charge is -2.22. The molecule has 1 atom stereocenters. The monoisotopic (exact) mass is 301 g/mol. The minimum atomic E-state index is -3.02. The first kappa shape index (κ1) is 14.9. The second kappa shape index (κ2) is 5.49. The molecule has 1 saturated heterocycles. The Hall–Kier alpha value is -1.47. The standard InChI is InChI=1S/C13H16FNO4S/c1-15(10-4-5-20(18,19)8-10)7-13(17)11-6-9(14)2-3-12(11)16/h2-3,6,10,16H,4-5,7-8H2,1H3. The minimum Gasteiger partial charge on any atom is -0.507 e. The molecule has 1 aromatic carbocycles. The average molecular weight is 301 g/mol. The zero-order valence-corrected chi connectivity index (χ0v) is 11.9. The van der Waals surface area contributed by atoms with Crippen molar-refractivity contribution in [3.8, 4) is 5.75 Å². The van der Waals surface area contributed by atoms with Crippen molar-refractivity contribution in [3.63, 3.8) is 0 Å². The number of carbonyl (C=O) groups is 1. The van der Waals surface area contributed by atoms with Gasteiger partial charge in [-0.25, -0.2) is 12.8 Å². The van der Waals surface area contributed by atoms with Crippen LogP contribution in [0.25, 0.3) is 0 Å². The molecular formula is C13H16FNO4S. The maximum Gasteiger partial charge on any atom is 0.180 e. The van der Waals surface area contributed by atoms with Gasteiger partial charge in [-0.3, -0.25) is 9.69 Å². The van der Waals surface area contributed by atoms with Gasteiger partial charge in [-0.2, -0.15) is 0 Å². The van der Waals surface area contributed by atoms with E-state index in [1.807, 2.05) is 0 Å². The molecule has 0 amide bonds. The molecule has 1 aromatic rings. The van der Waals surface area contributed by atoms with E-state index in [4.69, 9.17) is 0 Å². The van der Waals surface area contributed by atoms with Crippen molar-refractivity contribution in [2.75, 3.05) is 25.1 Å². The molecule has 0 saturated carbocycles. The summed E-state index contributed by atoms with van der Waals surface area (Å²) in [5.74, 6) is -1.15. The largest absolute Gasteiger partial charge is 0.507 e. The topological polar surface area (TPSA) is 74.7 Å². The van der Waals surface area contributed by atoms with Crippen LogP contribution < -0.4 is 0 Å². The second-order valence-corrected chi connectivity index (χ2v) is 7.29. The number of aromatic hydroxyl groups is 1. The van der Waals surface area contributed by atoms with E-state index in [0.717, 1.165) is 18.2 Å². The van der Waals surface area contributed by atoms with Crippen LogP contribution in [0, 0.1) is 5.82 Å². The van der Waals surface area contributed by atoms with Gasteiger partial charge >= 0.3 is 0 Å². The number of halogens is 1. The summed E-state index contributed by atoms with van der Waals surface area (Å²) in [6, 6.07) is 2.97. The maximum absolute atomic E-state index is 13.1. The van der Waals surface area contributed by atoms with Gasteiger partial charge in [0, 0.05) is 6.04 Å². The molecule has 0 spiro atoms. The third-order valence-corrected chi connectivity index (χ3v) is 5.23. The number of nitrogens with zero attached hydrogens (tertiary/aromatic N) is 1. The van der Waals surface area contributed by atoms with Gasteiger partial charge in [0.25, 0.3) is 0 Å². The van der Waals surface area contributed by atoms with Crippen molar-refractivity contribution >= 4 is 15.6 Å². The van der Waals surface area contributed by atoms with Crippen molar-refractivity contribution in [2.24, 2.45) is 0 Å². The van der Waals surface area contributed by atoms with Crippen LogP contribution in [0.15, 0.2) is 18.2 Å². The molecule has 2 rings (SSSR count). The fourth-order valence-corrected chi connectivity index (χ4v) is 4.10. The molecule has 7 heteroatoms. The molecule has 1 fully saturated rings. The number of ketones is 1. The first-order chi connectivity index (χ1) is 9.28. The van der Waals surface area contributed by atoms with Gasteiger partial charge in [0.15, 0.2) is 15.6 Å². The molecule has 110 valence electrons. The van der Waals surface area contributed by atoms with Gasteiger partial charge in [0.2, 0.25) is 0 Å². The predicted octanol–water partition coefficient (Wildman–Crippen LogP) is 0.833. The van der Waals surface area contributed by atoms with Gasteiger partial charge in [-0.1, -0.05) is 0 Å². The van der Waals surface area contributed by atoms with E-state index in [9.17, 15) is 22.7 Å². The highest BCUT2D eigenvalue weighted by Crippen LogP contribution is 2.21. The molecule has 1 N–H and O–H groups in total. The summed E-state index contributed by atoms with van der Waals surface area (Å²) in [5, 5.41) is 9.56. The first-order valence-corrected chi connectivity index (χ1v) is 8.03. The summed E-state index contributed by atoms with van der Waals surface area (Å²) in [6.45, 7) is -0.0583. The van der Waals surface area contributed by atoms with Crippen molar-refractivity contribution in [3.05, 3.63) is 29.6 Å². The summed E-state index contributed by atoms with van der Waals surface area (Å²) in [6.07, 6.45) is 0.487. The van der Waals surface area contributed by atoms with Gasteiger partial charge in [-0.15, -0.1) is 0 Å². The van der Waals surface area contributed by atoms with E-state index >= 15 is 0 Å². The molecule has 0 bridgehead atoms. The van der Waals surface area contributed by atoms with Crippen LogP contribution in [0.1, 0.15) is 16.8 Å². The minimum absolute atomic E-state index is 0.0336. The highest BCUT2D eigenvalue weighted by atomic mass is 32.2. The molecule has 0 aromatic heterocycles. The molecule has 0 radical (unpaired) electrons. The van der Waals surface area contributed by atoms with E-state index < -0.39 is 21.4 Å². The molecule has 1 heterocycles. The van der Waals surface area contributed by atoms with Crippen LogP contribution in [0.4, 0.5) is 4.39 Å². The van der Waals surface area contributed by atoms with Crippen LogP contribution in [-0.4, -0.2) is 55.3 Å². The lowest BCUT2D eigenvalue weighted by Crippen LogP contribution is -2.36. The van der Waals surface area contributed by atoms with Gasteiger partial charge in [0.1, 0.15) is 11.6 Å². The summed E-state index contributed by atoms with van der Waals surface area (Å²) in [5.41, 5.74) is -0.0855. The van der Waals surface area contributed by atoms with Crippen LogP contribution >= 0.6 is 0 Å². The zero-order valence-electron chi connectivity index (χ0n) is 11.0. The Balaban J connectivity index is 2.06. The Morgan fingerprint density at radius 2 is 2.20 bits per heavy atom. The molecular weight excluding hydrogens is 285 g/mol. The van der Waals surface area contributed by atoms with Gasteiger partial charge < -0.3 is 5.11 Å². The molecule has 1 aliphatic rings. The third-order valence-electron chi connectivity index (χ3n) is 3.48. The van der Waals surface area contributed by atoms with Gasteiger partial charge in [-0.05, 0) is 31.7 Å². The molecule has 1 aliphatic heterocycles. The summed E-state index contributed by atoms with van der Waals surface area (Å²) < 4.78 is 35.9. The number of phenolic OH excluding ortho intramolecular Hbond substituents is 1. The number of carbonyl (C=O) groups excluding carboxylic acids is 1. The fraction of sp³-hybridized carbons (Fsp3) is 0.462. The SMILES string of the molecule is CN(CC(=O)c1cc(F)ccc1O)C1CCS(=O)(=O)C1. The Kier molecular flexibility index (Phi) is 4.10. The predicted molar refractivity (Wildman–Crippen MR) is 72.1 cm³/mol. The number of rotatable bonds is 4. The number of Topliss-reactive ketones (excluding diaryl/α,β-unsaturated/α-hetero) is 1. The lowest BCUT2D eigenvalue weighted by atomic mass is 10.1. The first-order valence-electron chi connectivity index (χ1n) is 6.21. The summed E-state index contributed by atoms with van der Waals surface area (Å²) in [4.78, 5) is 13.7. The number of benzene rings is 1. The van der Waals surface area contributed by atoms with E-state index in [1.54, 1.807) is 11.9 Å². The summed E-state index contributed by atoms with van der Waals surface area (Å²) >= 11 is 0. The van der Waals surface area contributed by atoms with E-state index in [1.165, 1.54) is 0 Å². The number of sulfone groups is 1. The zero-order chi connectivity index (χ0) is 14.9. The Labute approximate surface area is 116 Å². The van der Waals surface area contributed by atoms with E-state index in [-0.39, 0.29) is 35.4 Å². The van der Waals surface area contributed by atoms with Crippen LogP contribution in [0.5, 0.6) is 5.75 Å². The summed E-state index contributed by atoms with van der Waals surface area (Å²) in [7, 11) is -1.37. The van der Waals surface area contributed by atoms with E-state index in [0.29, 0.717) is 6.42 Å². The number of phenols is 1. The molecule has 20 heavy (non-hydrogen) atoms. The highest BCUT2D eigenvalue weighted by molar-refractivity contribution is 7.91. The van der Waals surface area contributed by atoms with Crippen molar-refractivity contribution in [2.45, 2.75) is 12.5 Å². The fourth-order valence-electron chi connectivity index (χ4n) is 2.30. The van der Waals surface area contributed by atoms with Crippen molar-refractivity contribution in [1.82, 2.24) is 4.90 Å². The van der Waals surface area contributed by atoms with Crippen LogP contribution in [0.2, 0.25) is 0 Å². The second-order valence-electron chi connectivity index (χ2n) is 5.06.